The van der Waals surface area contributed by atoms with Crippen molar-refractivity contribution in [2.45, 2.75) is 90.3 Å². The van der Waals surface area contributed by atoms with E-state index in [1.807, 2.05) is 12.1 Å². The molecule has 0 aromatic heterocycles. The van der Waals surface area contributed by atoms with Crippen molar-refractivity contribution in [3.8, 4) is 28.4 Å². The van der Waals surface area contributed by atoms with Gasteiger partial charge in [0.2, 0.25) is 0 Å². The number of hydrogen-bond acceptors (Lipinski definition) is 4. The molecule has 0 spiro atoms. The van der Waals surface area contributed by atoms with Crippen molar-refractivity contribution in [1.29, 1.82) is 0 Å². The molecule has 1 radical (unpaired) electrons. The number of methoxy groups -OCH3 is 1. The van der Waals surface area contributed by atoms with E-state index in [2.05, 4.69) is 91.5 Å². The number of hydrogen-bond donors (Lipinski definition) is 0. The molecule has 223 valence electrons. The molecule has 2 aliphatic carbocycles. The molecule has 0 unspecified atom stereocenters. The number of rotatable bonds is 9. The topological polar surface area (TPSA) is 33.6 Å². The summed E-state index contributed by atoms with van der Waals surface area (Å²) in [6, 6.07) is 30.3. The second-order valence-electron chi connectivity index (χ2n) is 12.3. The van der Waals surface area contributed by atoms with Crippen LogP contribution < -0.4 is 19.1 Å². The monoisotopic (exact) mass is 575 g/mol. The van der Waals surface area contributed by atoms with Gasteiger partial charge in [0.05, 0.1) is 19.3 Å². The van der Waals surface area contributed by atoms with Gasteiger partial charge in [-0.1, -0.05) is 35.4 Å². The lowest BCUT2D eigenvalue weighted by Gasteiger charge is -2.27. The Hall–Kier alpha value is -3.76. The maximum absolute atomic E-state index is 6.74. The smallest absolute Gasteiger partial charge is 0.192 e. The Morgan fingerprint density at radius 1 is 0.558 bits per heavy atom. The van der Waals surface area contributed by atoms with Gasteiger partial charge in [-0.15, -0.1) is 0 Å². The number of anilines is 3. The predicted octanol–water partition coefficient (Wildman–Crippen LogP) is 10.8. The highest BCUT2D eigenvalue weighted by Gasteiger charge is 2.27. The van der Waals surface area contributed by atoms with Crippen molar-refractivity contribution in [2.75, 3.05) is 7.11 Å². The Kier molecular flexibility index (Phi) is 9.33. The molecule has 0 bridgehead atoms. The first-order valence-electron chi connectivity index (χ1n) is 16.2. The van der Waals surface area contributed by atoms with Crippen LogP contribution in [0, 0.1) is 13.8 Å². The highest BCUT2D eigenvalue weighted by Crippen LogP contribution is 2.41. The molecular weight excluding hydrogens is 530 g/mol. The molecule has 6 rings (SSSR count). The van der Waals surface area contributed by atoms with E-state index in [-0.39, 0.29) is 6.10 Å². The van der Waals surface area contributed by atoms with E-state index in [1.54, 1.807) is 7.11 Å². The first-order chi connectivity index (χ1) is 21.1. The SMILES string of the molecule is COc1ccc([N+](c2ccc(C)cc2)c2ccc(-c3cc(OC4CCCCC4)c(C)cc3OC3CCCCC3)cc2)cc1. The maximum Gasteiger partial charge on any atom is 0.192 e. The summed E-state index contributed by atoms with van der Waals surface area (Å²) in [5.41, 5.74) is 7.94. The standard InChI is InChI=1S/C39H45NO3/c1-28-14-18-31(19-15-28)40(33-22-24-34(41-3)25-23-33)32-20-16-30(17-21-32)37-27-38(42-35-10-6-4-7-11-35)29(2)26-39(37)43-36-12-8-5-9-13-36/h14-27,35-36H,4-13H2,1-3H3/q+1. The Bertz CT molecular complexity index is 1470. The Morgan fingerprint density at radius 3 is 1.58 bits per heavy atom. The lowest BCUT2D eigenvalue weighted by Crippen LogP contribution is -2.21. The fourth-order valence-corrected chi connectivity index (χ4v) is 6.50. The molecule has 0 saturated heterocycles. The summed E-state index contributed by atoms with van der Waals surface area (Å²) in [7, 11) is 1.70. The zero-order valence-corrected chi connectivity index (χ0v) is 26.0. The summed E-state index contributed by atoms with van der Waals surface area (Å²) in [5.74, 6) is 2.80. The van der Waals surface area contributed by atoms with Crippen LogP contribution in [0.4, 0.5) is 17.1 Å². The Labute approximate surface area is 257 Å². The number of nitrogens with zero attached hydrogens (tertiary/aromatic N) is 1. The van der Waals surface area contributed by atoms with Crippen molar-refractivity contribution >= 4 is 17.1 Å². The van der Waals surface area contributed by atoms with Gasteiger partial charge in [0.15, 0.2) is 17.1 Å². The van der Waals surface area contributed by atoms with Crippen LogP contribution >= 0.6 is 0 Å². The van der Waals surface area contributed by atoms with Gasteiger partial charge in [0.25, 0.3) is 0 Å². The second-order valence-corrected chi connectivity index (χ2v) is 12.3. The van der Waals surface area contributed by atoms with Crippen molar-refractivity contribution in [2.24, 2.45) is 0 Å². The molecule has 0 atom stereocenters. The number of ether oxygens (including phenoxy) is 3. The number of aryl methyl sites for hydroxylation is 2. The van der Waals surface area contributed by atoms with Crippen molar-refractivity contribution < 1.29 is 14.2 Å². The average molecular weight is 576 g/mol. The van der Waals surface area contributed by atoms with Gasteiger partial charge in [-0.25, -0.2) is 0 Å². The first kappa shape index (κ1) is 29.3. The summed E-state index contributed by atoms with van der Waals surface area (Å²) < 4.78 is 18.8. The molecule has 0 heterocycles. The third-order valence-corrected chi connectivity index (χ3v) is 9.03. The minimum Gasteiger partial charge on any atom is -0.497 e. The summed E-state index contributed by atoms with van der Waals surface area (Å²) in [4.78, 5) is 2.29. The highest BCUT2D eigenvalue weighted by atomic mass is 16.5. The summed E-state index contributed by atoms with van der Waals surface area (Å²) >= 11 is 0. The van der Waals surface area contributed by atoms with E-state index in [9.17, 15) is 0 Å². The molecule has 4 heteroatoms. The lowest BCUT2D eigenvalue weighted by molar-refractivity contribution is 0.150. The Balaban J connectivity index is 1.36. The van der Waals surface area contributed by atoms with E-state index < -0.39 is 0 Å². The quantitative estimate of drug-likeness (QED) is 0.186. The third kappa shape index (κ3) is 7.08. The Morgan fingerprint density at radius 2 is 1.05 bits per heavy atom. The van der Waals surface area contributed by atoms with Gasteiger partial charge >= 0.3 is 0 Å². The first-order valence-corrected chi connectivity index (χ1v) is 16.2. The van der Waals surface area contributed by atoms with Crippen LogP contribution in [0.5, 0.6) is 17.2 Å². The summed E-state index contributed by atoms with van der Waals surface area (Å²) in [6.07, 6.45) is 12.8. The van der Waals surface area contributed by atoms with E-state index in [0.717, 1.165) is 76.7 Å². The summed E-state index contributed by atoms with van der Waals surface area (Å²) in [6.45, 7) is 4.28. The second kappa shape index (κ2) is 13.7. The molecule has 0 aliphatic heterocycles. The number of benzene rings is 4. The molecule has 0 N–H and O–H groups in total. The molecular formula is C39H45NO3+. The average Bonchev–Trinajstić information content (AvgIpc) is 3.05. The zero-order valence-electron chi connectivity index (χ0n) is 26.0. The van der Waals surface area contributed by atoms with Crippen LogP contribution in [0.15, 0.2) is 84.9 Å². The van der Waals surface area contributed by atoms with Crippen molar-refractivity contribution in [3.05, 3.63) is 96.1 Å². The van der Waals surface area contributed by atoms with E-state index in [0.29, 0.717) is 6.10 Å². The van der Waals surface area contributed by atoms with E-state index >= 15 is 0 Å². The third-order valence-electron chi connectivity index (χ3n) is 9.03. The molecule has 4 aromatic rings. The molecule has 2 aliphatic rings. The van der Waals surface area contributed by atoms with Crippen LogP contribution in [0.3, 0.4) is 0 Å². The van der Waals surface area contributed by atoms with Crippen LogP contribution in [0.2, 0.25) is 0 Å². The van der Waals surface area contributed by atoms with Gasteiger partial charge in [-0.05, 0) is 113 Å². The zero-order chi connectivity index (χ0) is 29.6. The highest BCUT2D eigenvalue weighted by molar-refractivity contribution is 5.76. The van der Waals surface area contributed by atoms with E-state index in [1.165, 1.54) is 44.1 Å². The fraction of sp³-hybridized carbons (Fsp3) is 0.385. The van der Waals surface area contributed by atoms with Gasteiger partial charge in [-0.3, -0.25) is 0 Å². The molecule has 2 saturated carbocycles. The minimum atomic E-state index is 0.281. The van der Waals surface area contributed by atoms with Gasteiger partial charge in [0.1, 0.15) is 17.2 Å². The molecule has 2 fully saturated rings. The molecule has 4 aromatic carbocycles. The van der Waals surface area contributed by atoms with Crippen LogP contribution in [-0.2, 0) is 0 Å². The van der Waals surface area contributed by atoms with Gasteiger partial charge in [-0.2, -0.15) is 0 Å². The largest absolute Gasteiger partial charge is 0.497 e. The van der Waals surface area contributed by atoms with Crippen LogP contribution in [0.1, 0.15) is 75.3 Å². The van der Waals surface area contributed by atoms with Gasteiger partial charge < -0.3 is 14.2 Å². The maximum atomic E-state index is 6.74. The van der Waals surface area contributed by atoms with Crippen molar-refractivity contribution in [1.82, 2.24) is 4.90 Å². The molecule has 4 nitrogen and oxygen atoms in total. The minimum absolute atomic E-state index is 0.281. The van der Waals surface area contributed by atoms with Crippen LogP contribution in [0.25, 0.3) is 11.1 Å². The van der Waals surface area contributed by atoms with Crippen LogP contribution in [-0.4, -0.2) is 19.3 Å². The van der Waals surface area contributed by atoms with Crippen molar-refractivity contribution in [3.63, 3.8) is 0 Å². The fourth-order valence-electron chi connectivity index (χ4n) is 6.50. The van der Waals surface area contributed by atoms with E-state index in [4.69, 9.17) is 14.2 Å². The summed E-state index contributed by atoms with van der Waals surface area (Å²) in [5, 5.41) is 0. The van der Waals surface area contributed by atoms with Gasteiger partial charge in [0, 0.05) is 42.0 Å². The predicted molar refractivity (Wildman–Crippen MR) is 177 cm³/mol. The lowest BCUT2D eigenvalue weighted by atomic mass is 9.96. The molecule has 0 amide bonds. The normalized spacial score (nSPS) is 16.3. The molecule has 43 heavy (non-hydrogen) atoms.